The molecule has 17 heavy (non-hydrogen) atoms. The minimum atomic E-state index is -0.382. The molecule has 0 saturated heterocycles. The van der Waals surface area contributed by atoms with E-state index >= 15 is 0 Å². The fraction of sp³-hybridized carbons (Fsp3) is 0.583. The molecule has 1 aromatic rings. The number of halogens is 1. The van der Waals surface area contributed by atoms with Crippen molar-refractivity contribution in [1.82, 2.24) is 9.47 Å². The lowest BCUT2D eigenvalue weighted by Crippen LogP contribution is -2.36. The van der Waals surface area contributed by atoms with Gasteiger partial charge in [-0.2, -0.15) is 0 Å². The Kier molecular flexibility index (Phi) is 3.58. The van der Waals surface area contributed by atoms with E-state index in [0.29, 0.717) is 18.2 Å². The van der Waals surface area contributed by atoms with E-state index in [1.54, 1.807) is 22.6 Å². The van der Waals surface area contributed by atoms with E-state index in [2.05, 4.69) is 15.9 Å². The molecular weight excluding hydrogens is 284 g/mol. The monoisotopic (exact) mass is 300 g/mol. The van der Waals surface area contributed by atoms with Crippen molar-refractivity contribution >= 4 is 21.8 Å². The van der Waals surface area contributed by atoms with E-state index < -0.39 is 0 Å². The molecule has 1 unspecified atom stereocenters. The number of nitrogens with zero attached hydrogens (tertiary/aromatic N) is 2. The predicted molar refractivity (Wildman–Crippen MR) is 68.8 cm³/mol. The van der Waals surface area contributed by atoms with Crippen LogP contribution in [0.25, 0.3) is 0 Å². The first-order valence-corrected chi connectivity index (χ1v) is 6.53. The van der Waals surface area contributed by atoms with Crippen molar-refractivity contribution in [2.24, 2.45) is 13.0 Å². The van der Waals surface area contributed by atoms with Crippen LogP contribution in [0.3, 0.4) is 0 Å². The topological polar surface area (TPSA) is 45.5 Å². The quantitative estimate of drug-likeness (QED) is 0.919. The first kappa shape index (κ1) is 12.6. The lowest BCUT2D eigenvalue weighted by molar-refractivity contribution is 0.0637. The summed E-state index contributed by atoms with van der Waals surface area (Å²) in [7, 11) is 3.57. The van der Waals surface area contributed by atoms with Crippen LogP contribution >= 0.6 is 15.9 Å². The lowest BCUT2D eigenvalue weighted by Gasteiger charge is -2.20. The van der Waals surface area contributed by atoms with Crippen molar-refractivity contribution in [2.45, 2.75) is 18.9 Å². The Morgan fingerprint density at radius 1 is 1.71 bits per heavy atom. The van der Waals surface area contributed by atoms with Crippen LogP contribution in [0.4, 0.5) is 0 Å². The van der Waals surface area contributed by atoms with Crippen LogP contribution in [0, 0.1) is 5.92 Å². The van der Waals surface area contributed by atoms with Crippen molar-refractivity contribution in [3.8, 4) is 0 Å². The largest absolute Gasteiger partial charge is 0.391 e. The highest BCUT2D eigenvalue weighted by Gasteiger charge is 2.31. The zero-order valence-corrected chi connectivity index (χ0v) is 11.6. The molecule has 1 amide bonds. The Bertz CT molecular complexity index is 426. The molecule has 1 fully saturated rings. The fourth-order valence-corrected chi connectivity index (χ4v) is 2.45. The molecule has 0 aliphatic heterocycles. The Balaban J connectivity index is 2.01. The van der Waals surface area contributed by atoms with Gasteiger partial charge >= 0.3 is 0 Å². The second kappa shape index (κ2) is 4.82. The van der Waals surface area contributed by atoms with E-state index in [1.807, 2.05) is 13.2 Å². The summed E-state index contributed by atoms with van der Waals surface area (Å²) in [5.41, 5.74) is 0.627. The number of carbonyl (C=O) groups excluding carboxylic acids is 1. The average Bonchev–Trinajstić information content (AvgIpc) is 3.04. The predicted octanol–water partition coefficient (Wildman–Crippen LogP) is 1.63. The Labute approximate surface area is 109 Å². The molecule has 0 bridgehead atoms. The van der Waals surface area contributed by atoms with Crippen LogP contribution in [0.5, 0.6) is 0 Å². The number of hydrogen-bond acceptors (Lipinski definition) is 2. The van der Waals surface area contributed by atoms with Crippen LogP contribution in [-0.2, 0) is 7.05 Å². The Morgan fingerprint density at radius 3 is 2.82 bits per heavy atom. The zero-order valence-electron chi connectivity index (χ0n) is 10.1. The van der Waals surface area contributed by atoms with E-state index in [0.717, 1.165) is 17.3 Å². The number of carbonyl (C=O) groups is 1. The lowest BCUT2D eigenvalue weighted by atomic mass is 10.2. The van der Waals surface area contributed by atoms with E-state index in [4.69, 9.17) is 0 Å². The minimum Gasteiger partial charge on any atom is -0.391 e. The molecule has 1 aliphatic rings. The zero-order chi connectivity index (χ0) is 12.6. The number of likely N-dealkylation sites (N-methyl/N-ethyl adjacent to an activating group) is 1. The molecule has 0 aromatic carbocycles. The second-order valence-corrected chi connectivity index (χ2v) is 5.66. The molecule has 0 radical (unpaired) electrons. The van der Waals surface area contributed by atoms with Gasteiger partial charge in [0.25, 0.3) is 5.91 Å². The molecule has 1 atom stereocenters. The third-order valence-corrected chi connectivity index (χ3v) is 3.60. The summed E-state index contributed by atoms with van der Waals surface area (Å²) in [6.07, 6.45) is 3.63. The number of amides is 1. The van der Waals surface area contributed by atoms with Crippen LogP contribution in [-0.4, -0.2) is 40.2 Å². The van der Waals surface area contributed by atoms with Gasteiger partial charge in [-0.05, 0) is 40.8 Å². The summed E-state index contributed by atoms with van der Waals surface area (Å²) in [6, 6.07) is 1.79. The van der Waals surface area contributed by atoms with Crippen molar-refractivity contribution in [3.05, 3.63) is 22.4 Å². The SMILES string of the molecule is CN(CC(O)C1CC1)C(=O)c1cc(Br)cn1C. The third-order valence-electron chi connectivity index (χ3n) is 3.16. The number of rotatable bonds is 4. The molecule has 94 valence electrons. The summed E-state index contributed by atoms with van der Waals surface area (Å²) < 4.78 is 2.67. The Morgan fingerprint density at radius 2 is 2.35 bits per heavy atom. The van der Waals surface area contributed by atoms with Gasteiger partial charge in [0.05, 0.1) is 6.10 Å². The van der Waals surface area contributed by atoms with Gasteiger partial charge in [0.15, 0.2) is 0 Å². The molecule has 1 aromatic heterocycles. The summed E-state index contributed by atoms with van der Waals surface area (Å²) in [5, 5.41) is 9.82. The van der Waals surface area contributed by atoms with Crippen molar-refractivity contribution < 1.29 is 9.90 Å². The number of aliphatic hydroxyl groups excluding tert-OH is 1. The summed E-state index contributed by atoms with van der Waals surface area (Å²) in [5.74, 6) is 0.336. The van der Waals surface area contributed by atoms with Crippen LogP contribution in [0.1, 0.15) is 23.3 Å². The first-order valence-electron chi connectivity index (χ1n) is 5.74. The number of aryl methyl sites for hydroxylation is 1. The van der Waals surface area contributed by atoms with Gasteiger partial charge in [-0.25, -0.2) is 0 Å². The number of hydrogen-bond donors (Lipinski definition) is 1. The molecule has 5 heteroatoms. The molecule has 2 rings (SSSR count). The van der Waals surface area contributed by atoms with Crippen molar-refractivity contribution in [2.75, 3.05) is 13.6 Å². The van der Waals surface area contributed by atoms with E-state index in [-0.39, 0.29) is 12.0 Å². The van der Waals surface area contributed by atoms with Crippen molar-refractivity contribution in [1.29, 1.82) is 0 Å². The van der Waals surface area contributed by atoms with Gasteiger partial charge in [0.2, 0.25) is 0 Å². The second-order valence-electron chi connectivity index (χ2n) is 4.74. The highest BCUT2D eigenvalue weighted by molar-refractivity contribution is 9.10. The maximum Gasteiger partial charge on any atom is 0.270 e. The van der Waals surface area contributed by atoms with Crippen LogP contribution in [0.2, 0.25) is 0 Å². The molecule has 4 nitrogen and oxygen atoms in total. The molecule has 1 heterocycles. The molecule has 0 spiro atoms. The minimum absolute atomic E-state index is 0.0575. The van der Waals surface area contributed by atoms with Gasteiger partial charge in [-0.3, -0.25) is 4.79 Å². The maximum atomic E-state index is 12.1. The molecular formula is C12H17BrN2O2. The van der Waals surface area contributed by atoms with Gasteiger partial charge in [0, 0.05) is 31.3 Å². The first-order chi connectivity index (χ1) is 7.99. The van der Waals surface area contributed by atoms with Crippen LogP contribution in [0.15, 0.2) is 16.7 Å². The highest BCUT2D eigenvalue weighted by Crippen LogP contribution is 2.32. The van der Waals surface area contributed by atoms with Gasteiger partial charge in [0.1, 0.15) is 5.69 Å². The Hall–Kier alpha value is -0.810. The number of aromatic nitrogens is 1. The van der Waals surface area contributed by atoms with Gasteiger partial charge in [-0.1, -0.05) is 0 Å². The highest BCUT2D eigenvalue weighted by atomic mass is 79.9. The summed E-state index contributed by atoms with van der Waals surface area (Å²) in [4.78, 5) is 13.7. The normalized spacial score (nSPS) is 16.9. The fourth-order valence-electron chi connectivity index (χ4n) is 1.93. The van der Waals surface area contributed by atoms with Crippen molar-refractivity contribution in [3.63, 3.8) is 0 Å². The summed E-state index contributed by atoms with van der Waals surface area (Å²) in [6.45, 7) is 0.409. The maximum absolute atomic E-state index is 12.1. The van der Waals surface area contributed by atoms with Gasteiger partial charge in [-0.15, -0.1) is 0 Å². The van der Waals surface area contributed by atoms with E-state index in [9.17, 15) is 9.90 Å². The van der Waals surface area contributed by atoms with E-state index in [1.165, 1.54) is 0 Å². The molecule has 1 saturated carbocycles. The smallest absolute Gasteiger partial charge is 0.270 e. The third kappa shape index (κ3) is 2.90. The number of aliphatic hydroxyl groups is 1. The van der Waals surface area contributed by atoms with Gasteiger partial charge < -0.3 is 14.6 Å². The molecule has 1 N–H and O–H groups in total. The average molecular weight is 301 g/mol. The summed E-state index contributed by atoms with van der Waals surface area (Å²) >= 11 is 3.34. The standard InChI is InChI=1S/C12H17BrN2O2/c1-14-6-9(13)5-10(14)12(17)15(2)7-11(16)8-3-4-8/h5-6,8,11,16H,3-4,7H2,1-2H3. The van der Waals surface area contributed by atoms with Crippen LogP contribution < -0.4 is 0 Å². The molecule has 1 aliphatic carbocycles.